The number of nitrogens with one attached hydrogen (secondary N) is 1. The van der Waals surface area contributed by atoms with Crippen LogP contribution in [0, 0.1) is 5.82 Å². The molecule has 2 aromatic carbocycles. The molecule has 4 rings (SSSR count). The van der Waals surface area contributed by atoms with Crippen LogP contribution in [0.5, 0.6) is 0 Å². The zero-order chi connectivity index (χ0) is 19.7. The molecule has 3 aromatic rings. The molecule has 28 heavy (non-hydrogen) atoms. The van der Waals surface area contributed by atoms with Crippen LogP contribution < -0.4 is 9.62 Å². The van der Waals surface area contributed by atoms with Crippen molar-refractivity contribution >= 4 is 38.6 Å². The summed E-state index contributed by atoms with van der Waals surface area (Å²) in [5.41, 5.74) is 1.94. The smallest absolute Gasteiger partial charge is 0.268 e. The second kappa shape index (κ2) is 7.37. The number of halogens is 1. The first-order valence-electron chi connectivity index (χ1n) is 8.71. The molecule has 0 bridgehead atoms. The van der Waals surface area contributed by atoms with Crippen LogP contribution in [0.1, 0.15) is 21.7 Å². The van der Waals surface area contributed by atoms with Gasteiger partial charge in [0.05, 0.1) is 10.6 Å². The normalized spacial score (nSPS) is 13.8. The van der Waals surface area contributed by atoms with Gasteiger partial charge in [-0.2, -0.15) is 0 Å². The van der Waals surface area contributed by atoms with Crippen LogP contribution in [0.25, 0.3) is 0 Å². The minimum Gasteiger partial charge on any atom is -0.307 e. The summed E-state index contributed by atoms with van der Waals surface area (Å²) in [5, 5.41) is 1.84. The summed E-state index contributed by atoms with van der Waals surface area (Å²) in [5.74, 6) is -0.924. The fourth-order valence-corrected chi connectivity index (χ4v) is 5.06. The van der Waals surface area contributed by atoms with Crippen molar-refractivity contribution in [1.29, 1.82) is 0 Å². The van der Waals surface area contributed by atoms with E-state index < -0.39 is 20.7 Å². The molecule has 144 valence electrons. The zero-order valence-electron chi connectivity index (χ0n) is 14.8. The van der Waals surface area contributed by atoms with E-state index in [1.807, 2.05) is 17.5 Å². The van der Waals surface area contributed by atoms with Gasteiger partial charge in [0.25, 0.3) is 15.9 Å². The Morgan fingerprint density at radius 1 is 1.11 bits per heavy atom. The van der Waals surface area contributed by atoms with Gasteiger partial charge >= 0.3 is 0 Å². The Morgan fingerprint density at radius 2 is 1.93 bits per heavy atom. The molecule has 5 nitrogen and oxygen atoms in total. The summed E-state index contributed by atoms with van der Waals surface area (Å²) < 4.78 is 41.5. The summed E-state index contributed by atoms with van der Waals surface area (Å²) in [6.45, 7) is 0.563. The van der Waals surface area contributed by atoms with Crippen molar-refractivity contribution in [3.8, 4) is 0 Å². The molecule has 1 aliphatic heterocycles. The maximum atomic E-state index is 13.9. The van der Waals surface area contributed by atoms with Crippen LogP contribution >= 0.6 is 11.3 Å². The van der Waals surface area contributed by atoms with Crippen molar-refractivity contribution in [3.63, 3.8) is 0 Å². The van der Waals surface area contributed by atoms with Crippen LogP contribution in [0.2, 0.25) is 0 Å². The molecule has 0 atom stereocenters. The van der Waals surface area contributed by atoms with Gasteiger partial charge in [0.15, 0.2) is 0 Å². The number of carbonyl (C=O) groups is 1. The summed E-state index contributed by atoms with van der Waals surface area (Å²) >= 11 is 1.37. The summed E-state index contributed by atoms with van der Waals surface area (Å²) in [6, 6.07) is 13.9. The third-order valence-corrected chi connectivity index (χ3v) is 6.83. The molecule has 0 fully saturated rings. The number of anilines is 2. The lowest BCUT2D eigenvalue weighted by Crippen LogP contribution is -2.35. The van der Waals surface area contributed by atoms with E-state index in [0.717, 1.165) is 24.5 Å². The number of fused-ring (bicyclic) bond motifs is 1. The maximum absolute atomic E-state index is 13.9. The first-order valence-corrected chi connectivity index (χ1v) is 11.1. The highest BCUT2D eigenvalue weighted by Crippen LogP contribution is 2.32. The average molecular weight is 416 g/mol. The topological polar surface area (TPSA) is 66.5 Å². The predicted octanol–water partition coefficient (Wildman–Crippen LogP) is 4.28. The van der Waals surface area contributed by atoms with Crippen molar-refractivity contribution in [2.45, 2.75) is 17.7 Å². The van der Waals surface area contributed by atoms with Crippen molar-refractivity contribution in [2.24, 2.45) is 0 Å². The number of thiophene rings is 1. The number of sulfonamides is 1. The number of benzene rings is 2. The molecule has 1 aromatic heterocycles. The van der Waals surface area contributed by atoms with E-state index >= 15 is 0 Å². The van der Waals surface area contributed by atoms with Gasteiger partial charge in [-0.05, 0) is 54.1 Å². The quantitative estimate of drug-likeness (QED) is 0.690. The molecule has 8 heteroatoms. The van der Waals surface area contributed by atoms with Crippen LogP contribution in [-0.2, 0) is 16.4 Å². The number of hydrogen-bond donors (Lipinski definition) is 1. The molecule has 0 aliphatic carbocycles. The van der Waals surface area contributed by atoms with Gasteiger partial charge in [-0.3, -0.25) is 9.52 Å². The summed E-state index contributed by atoms with van der Waals surface area (Å²) in [6.07, 6.45) is 1.65. The van der Waals surface area contributed by atoms with Gasteiger partial charge in [-0.1, -0.05) is 24.3 Å². The number of carbonyl (C=O) groups excluding carboxylic acids is 1. The minimum atomic E-state index is -4.08. The maximum Gasteiger partial charge on any atom is 0.268 e. The second-order valence-electron chi connectivity index (χ2n) is 6.42. The molecule has 0 spiro atoms. The Morgan fingerprint density at radius 3 is 2.68 bits per heavy atom. The Bertz CT molecular complexity index is 1130. The van der Waals surface area contributed by atoms with Gasteiger partial charge in [-0.15, -0.1) is 11.3 Å². The van der Waals surface area contributed by atoms with Crippen LogP contribution in [0.4, 0.5) is 15.8 Å². The molecule has 1 aliphatic rings. The third kappa shape index (κ3) is 3.53. The highest BCUT2D eigenvalue weighted by molar-refractivity contribution is 7.92. The first kappa shape index (κ1) is 18.6. The minimum absolute atomic E-state index is 0.106. The van der Waals surface area contributed by atoms with E-state index in [1.165, 1.54) is 29.5 Å². The Kier molecular flexibility index (Phi) is 4.91. The SMILES string of the molecule is O=C(c1cccs1)N1CCCc2ccc(NS(=O)(=O)c3ccccc3F)cc21. The van der Waals surface area contributed by atoms with Gasteiger partial charge < -0.3 is 4.90 Å². The fourth-order valence-electron chi connectivity index (χ4n) is 3.26. The van der Waals surface area contributed by atoms with Crippen LogP contribution in [-0.4, -0.2) is 20.9 Å². The Balaban J connectivity index is 1.67. The van der Waals surface area contributed by atoms with Crippen molar-refractivity contribution in [1.82, 2.24) is 0 Å². The summed E-state index contributed by atoms with van der Waals surface area (Å²) in [7, 11) is -4.08. The molecule has 2 heterocycles. The van der Waals surface area contributed by atoms with Gasteiger partial charge in [0, 0.05) is 12.2 Å². The molecule has 0 radical (unpaired) electrons. The van der Waals surface area contributed by atoms with Crippen molar-refractivity contribution in [3.05, 3.63) is 76.2 Å². The van der Waals surface area contributed by atoms with E-state index in [2.05, 4.69) is 4.72 Å². The van der Waals surface area contributed by atoms with E-state index in [4.69, 9.17) is 0 Å². The molecular formula is C20H17FN2O3S2. The first-order chi connectivity index (χ1) is 13.5. The number of aryl methyl sites for hydroxylation is 1. The summed E-state index contributed by atoms with van der Waals surface area (Å²) in [4.78, 5) is 14.7. The van der Waals surface area contributed by atoms with Gasteiger partial charge in [0.1, 0.15) is 10.7 Å². The molecule has 0 unspecified atom stereocenters. The van der Waals surface area contributed by atoms with Crippen molar-refractivity contribution < 1.29 is 17.6 Å². The third-order valence-electron chi connectivity index (χ3n) is 4.56. The molecule has 1 N–H and O–H groups in total. The lowest BCUT2D eigenvalue weighted by Gasteiger charge is -2.29. The fraction of sp³-hybridized carbons (Fsp3) is 0.150. The van der Waals surface area contributed by atoms with E-state index in [9.17, 15) is 17.6 Å². The number of hydrogen-bond acceptors (Lipinski definition) is 4. The van der Waals surface area contributed by atoms with E-state index in [0.29, 0.717) is 17.1 Å². The van der Waals surface area contributed by atoms with Gasteiger partial charge in [0.2, 0.25) is 0 Å². The zero-order valence-corrected chi connectivity index (χ0v) is 16.4. The monoisotopic (exact) mass is 416 g/mol. The highest BCUT2D eigenvalue weighted by atomic mass is 32.2. The predicted molar refractivity (Wildman–Crippen MR) is 108 cm³/mol. The largest absolute Gasteiger partial charge is 0.307 e. The number of amides is 1. The second-order valence-corrected chi connectivity index (χ2v) is 9.02. The number of nitrogens with zero attached hydrogens (tertiary/aromatic N) is 1. The molecule has 0 saturated heterocycles. The lowest BCUT2D eigenvalue weighted by atomic mass is 10.0. The van der Waals surface area contributed by atoms with Crippen molar-refractivity contribution in [2.75, 3.05) is 16.2 Å². The number of rotatable bonds is 4. The van der Waals surface area contributed by atoms with Crippen LogP contribution in [0.15, 0.2) is 64.9 Å². The van der Waals surface area contributed by atoms with E-state index in [-0.39, 0.29) is 11.6 Å². The van der Waals surface area contributed by atoms with E-state index in [1.54, 1.807) is 23.1 Å². The Hall–Kier alpha value is -2.71. The average Bonchev–Trinajstić information content (AvgIpc) is 3.21. The van der Waals surface area contributed by atoms with Crippen LogP contribution in [0.3, 0.4) is 0 Å². The molecular weight excluding hydrogens is 399 g/mol. The highest BCUT2D eigenvalue weighted by Gasteiger charge is 2.25. The van der Waals surface area contributed by atoms with Gasteiger partial charge in [-0.25, -0.2) is 12.8 Å². The lowest BCUT2D eigenvalue weighted by molar-refractivity contribution is 0.0989. The molecule has 1 amide bonds. The Labute approximate surface area is 166 Å². The standard InChI is InChI=1S/C20H17FN2O3S2/c21-16-6-1-2-8-19(16)28(25,26)22-15-10-9-14-5-3-11-23(17(14)13-15)20(24)18-7-4-12-27-18/h1-2,4,6-10,12-13,22H,3,5,11H2. The molecule has 0 saturated carbocycles.